The van der Waals surface area contributed by atoms with Gasteiger partial charge < -0.3 is 10.2 Å². The molecular formula is C16H23F3O2. The van der Waals surface area contributed by atoms with E-state index in [1.54, 1.807) is 0 Å². The van der Waals surface area contributed by atoms with E-state index in [4.69, 9.17) is 0 Å². The second-order valence-electron chi connectivity index (χ2n) is 6.05. The van der Waals surface area contributed by atoms with Gasteiger partial charge in [0.15, 0.2) is 0 Å². The van der Waals surface area contributed by atoms with Crippen LogP contribution in [0, 0.1) is 5.92 Å². The Labute approximate surface area is 123 Å². The first-order valence-corrected chi connectivity index (χ1v) is 7.19. The van der Waals surface area contributed by atoms with E-state index in [0.717, 1.165) is 18.9 Å². The number of unbranched alkanes of at least 4 members (excludes halogenated alkanes) is 2. The summed E-state index contributed by atoms with van der Waals surface area (Å²) in [5.74, 6) is -1.97. The van der Waals surface area contributed by atoms with Crippen molar-refractivity contribution in [3.63, 3.8) is 0 Å². The molecule has 0 heterocycles. The van der Waals surface area contributed by atoms with E-state index in [9.17, 15) is 23.4 Å². The van der Waals surface area contributed by atoms with Crippen LogP contribution in [0.25, 0.3) is 0 Å². The molecule has 0 radical (unpaired) electrons. The molecule has 120 valence electrons. The molecule has 0 fully saturated rings. The van der Waals surface area contributed by atoms with E-state index in [2.05, 4.69) is 0 Å². The van der Waals surface area contributed by atoms with Crippen LogP contribution in [0.1, 0.15) is 52.0 Å². The largest absolute Gasteiger partial charge is 0.508 e. The lowest BCUT2D eigenvalue weighted by Crippen LogP contribution is -2.39. The van der Waals surface area contributed by atoms with Crippen LogP contribution in [-0.4, -0.2) is 16.4 Å². The molecule has 0 amide bonds. The second kappa shape index (κ2) is 6.58. The predicted molar refractivity (Wildman–Crippen MR) is 76.5 cm³/mol. The highest BCUT2D eigenvalue weighted by atomic mass is 19.4. The van der Waals surface area contributed by atoms with E-state index in [0.29, 0.717) is 12.0 Å². The van der Waals surface area contributed by atoms with Crippen molar-refractivity contribution in [1.29, 1.82) is 0 Å². The average molecular weight is 304 g/mol. The Morgan fingerprint density at radius 2 is 1.52 bits per heavy atom. The van der Waals surface area contributed by atoms with Gasteiger partial charge in [0.2, 0.25) is 0 Å². The van der Waals surface area contributed by atoms with Gasteiger partial charge in [-0.3, -0.25) is 0 Å². The summed E-state index contributed by atoms with van der Waals surface area (Å²) < 4.78 is 40.2. The number of hydrogen-bond acceptors (Lipinski definition) is 2. The van der Waals surface area contributed by atoms with Crippen molar-refractivity contribution in [2.75, 3.05) is 0 Å². The number of benzene rings is 1. The van der Waals surface area contributed by atoms with Crippen molar-refractivity contribution in [2.45, 2.75) is 58.0 Å². The van der Waals surface area contributed by atoms with Gasteiger partial charge in [-0.25, -0.2) is 0 Å². The number of phenolic OH excluding ortho intramolecular Hbond substituents is 2. The van der Waals surface area contributed by atoms with Gasteiger partial charge in [-0.2, -0.15) is 13.2 Å². The fourth-order valence-corrected chi connectivity index (χ4v) is 2.70. The highest BCUT2D eigenvalue weighted by molar-refractivity contribution is 5.40. The smallest absolute Gasteiger partial charge is 0.392 e. The van der Waals surface area contributed by atoms with Crippen molar-refractivity contribution >= 4 is 0 Å². The van der Waals surface area contributed by atoms with Gasteiger partial charge in [-0.15, -0.1) is 0 Å². The van der Waals surface area contributed by atoms with Crippen molar-refractivity contribution in [3.05, 3.63) is 23.8 Å². The maximum atomic E-state index is 13.4. The topological polar surface area (TPSA) is 40.5 Å². The van der Waals surface area contributed by atoms with Gasteiger partial charge in [0.25, 0.3) is 0 Å². The molecule has 0 bridgehead atoms. The minimum atomic E-state index is -4.32. The van der Waals surface area contributed by atoms with Crippen molar-refractivity contribution in [1.82, 2.24) is 0 Å². The number of halogens is 3. The summed E-state index contributed by atoms with van der Waals surface area (Å²) in [4.78, 5) is 0. The third kappa shape index (κ3) is 4.55. The zero-order valence-corrected chi connectivity index (χ0v) is 12.7. The van der Waals surface area contributed by atoms with Gasteiger partial charge >= 0.3 is 6.18 Å². The maximum Gasteiger partial charge on any atom is 0.392 e. The number of phenols is 2. The number of rotatable bonds is 6. The highest BCUT2D eigenvalue weighted by Gasteiger charge is 2.49. The summed E-state index contributed by atoms with van der Waals surface area (Å²) in [6.45, 7) is 4.96. The summed E-state index contributed by atoms with van der Waals surface area (Å²) in [5.41, 5.74) is -0.929. The molecule has 1 aromatic rings. The lowest BCUT2D eigenvalue weighted by Gasteiger charge is -2.36. The molecule has 1 rings (SSSR count). The van der Waals surface area contributed by atoms with Crippen molar-refractivity contribution in [2.24, 2.45) is 5.92 Å². The molecular weight excluding hydrogens is 281 g/mol. The molecule has 0 saturated carbocycles. The zero-order valence-electron chi connectivity index (χ0n) is 12.7. The number of alkyl halides is 3. The Morgan fingerprint density at radius 1 is 1.00 bits per heavy atom. The molecule has 0 aliphatic heterocycles. The summed E-state index contributed by atoms with van der Waals surface area (Å²) in [7, 11) is 0. The van der Waals surface area contributed by atoms with Crippen LogP contribution in [0.4, 0.5) is 13.2 Å². The van der Waals surface area contributed by atoms with Gasteiger partial charge in [-0.05, 0) is 24.1 Å². The molecule has 1 aromatic carbocycles. The summed E-state index contributed by atoms with van der Waals surface area (Å²) >= 11 is 0. The maximum absolute atomic E-state index is 13.4. The lowest BCUT2D eigenvalue weighted by molar-refractivity contribution is -0.193. The first-order valence-electron chi connectivity index (χ1n) is 7.19. The van der Waals surface area contributed by atoms with Crippen molar-refractivity contribution < 1.29 is 23.4 Å². The van der Waals surface area contributed by atoms with Crippen LogP contribution in [0.2, 0.25) is 0 Å². The summed E-state index contributed by atoms with van der Waals surface area (Å²) in [6.07, 6.45) is -2.15. The lowest BCUT2D eigenvalue weighted by atomic mass is 9.71. The van der Waals surface area contributed by atoms with Crippen LogP contribution in [0.5, 0.6) is 11.5 Å². The molecule has 0 aliphatic carbocycles. The SMILES string of the molecule is CCCCC[C@@H](C(F)(F)F)C(C)(C)c1cc(O)cc(O)c1. The van der Waals surface area contributed by atoms with E-state index in [-0.39, 0.29) is 17.9 Å². The van der Waals surface area contributed by atoms with Gasteiger partial charge in [0.1, 0.15) is 11.5 Å². The molecule has 0 aromatic heterocycles. The number of hydrogen-bond donors (Lipinski definition) is 2. The predicted octanol–water partition coefficient (Wildman–Crippen LogP) is 5.13. The molecule has 5 heteroatoms. The van der Waals surface area contributed by atoms with Gasteiger partial charge in [-0.1, -0.05) is 40.0 Å². The number of aromatic hydroxyl groups is 2. The monoisotopic (exact) mass is 304 g/mol. The van der Waals surface area contributed by atoms with E-state index >= 15 is 0 Å². The Balaban J connectivity index is 3.13. The quantitative estimate of drug-likeness (QED) is 0.715. The Bertz CT molecular complexity index is 447. The molecule has 0 unspecified atom stereocenters. The first-order chi connectivity index (χ1) is 9.59. The van der Waals surface area contributed by atoms with Gasteiger partial charge in [0, 0.05) is 11.5 Å². The van der Waals surface area contributed by atoms with Crippen LogP contribution in [-0.2, 0) is 5.41 Å². The highest BCUT2D eigenvalue weighted by Crippen LogP contribution is 2.46. The van der Waals surface area contributed by atoms with Crippen LogP contribution in [0.15, 0.2) is 18.2 Å². The van der Waals surface area contributed by atoms with Crippen molar-refractivity contribution in [3.8, 4) is 11.5 Å². The Morgan fingerprint density at radius 3 is 1.95 bits per heavy atom. The third-order valence-corrected chi connectivity index (χ3v) is 4.01. The molecule has 1 atom stereocenters. The van der Waals surface area contributed by atoms with E-state index < -0.39 is 17.5 Å². The first kappa shape index (κ1) is 17.7. The molecule has 2 nitrogen and oxygen atoms in total. The third-order valence-electron chi connectivity index (χ3n) is 4.01. The molecule has 0 saturated heterocycles. The summed E-state index contributed by atoms with van der Waals surface area (Å²) in [6, 6.07) is 3.69. The zero-order chi connectivity index (χ0) is 16.3. The van der Waals surface area contributed by atoms with E-state index in [1.807, 2.05) is 6.92 Å². The molecule has 0 spiro atoms. The van der Waals surface area contributed by atoms with E-state index in [1.165, 1.54) is 26.0 Å². The fraction of sp³-hybridized carbons (Fsp3) is 0.625. The van der Waals surface area contributed by atoms with Crippen LogP contribution in [0.3, 0.4) is 0 Å². The minimum absolute atomic E-state index is 0.0424. The van der Waals surface area contributed by atoms with Crippen LogP contribution >= 0.6 is 0 Å². The molecule has 2 N–H and O–H groups in total. The summed E-state index contributed by atoms with van der Waals surface area (Å²) in [5, 5.41) is 19.0. The minimum Gasteiger partial charge on any atom is -0.508 e. The molecule has 0 aliphatic rings. The normalized spacial score (nSPS) is 14.2. The Hall–Kier alpha value is -1.39. The van der Waals surface area contributed by atoms with Crippen LogP contribution < -0.4 is 0 Å². The molecule has 21 heavy (non-hydrogen) atoms. The second-order valence-corrected chi connectivity index (χ2v) is 6.05. The Kier molecular flexibility index (Phi) is 5.54. The standard InChI is InChI=1S/C16H23F3O2/c1-4-5-6-7-14(16(17,18)19)15(2,3)11-8-12(20)10-13(21)9-11/h8-10,14,20-21H,4-7H2,1-3H3/t14-/m1/s1. The van der Waals surface area contributed by atoms with Gasteiger partial charge in [0.05, 0.1) is 5.92 Å². The average Bonchev–Trinajstić information content (AvgIpc) is 2.31. The fourth-order valence-electron chi connectivity index (χ4n) is 2.70.